The summed E-state index contributed by atoms with van der Waals surface area (Å²) in [6.45, 7) is 8.23. The fraction of sp³-hybridized carbons (Fsp3) is 0.556. The SMILES string of the molecule is CNC[C@@H]1CCCN1c1ncc(C(C)C)c2cc(Nc3ccnc(N4CC[C@@H](O)[C@@](C)(F)C4)n3)ncc12. The van der Waals surface area contributed by atoms with Gasteiger partial charge in [0, 0.05) is 49.7 Å². The number of pyridine rings is 2. The highest BCUT2D eigenvalue weighted by molar-refractivity contribution is 5.96. The number of nitrogens with one attached hydrogen (secondary N) is 2. The van der Waals surface area contributed by atoms with Gasteiger partial charge in [0.1, 0.15) is 17.5 Å². The van der Waals surface area contributed by atoms with Gasteiger partial charge in [-0.2, -0.15) is 4.98 Å². The number of rotatable bonds is 7. The summed E-state index contributed by atoms with van der Waals surface area (Å²) >= 11 is 0. The first-order valence-electron chi connectivity index (χ1n) is 13.2. The van der Waals surface area contributed by atoms with Crippen LogP contribution in [0.15, 0.2) is 30.7 Å². The van der Waals surface area contributed by atoms with Gasteiger partial charge in [-0.05, 0) is 62.2 Å². The molecule has 0 bridgehead atoms. The van der Waals surface area contributed by atoms with E-state index in [2.05, 4.69) is 45.4 Å². The predicted octanol–water partition coefficient (Wildman–Crippen LogP) is 3.77. The van der Waals surface area contributed by atoms with Crippen molar-refractivity contribution in [2.75, 3.05) is 48.3 Å². The fourth-order valence-electron chi connectivity index (χ4n) is 5.47. The van der Waals surface area contributed by atoms with Crippen LogP contribution in [-0.2, 0) is 0 Å². The van der Waals surface area contributed by atoms with E-state index in [9.17, 15) is 9.50 Å². The highest BCUT2D eigenvalue weighted by atomic mass is 19.1. The molecule has 0 aromatic carbocycles. The van der Waals surface area contributed by atoms with Crippen LogP contribution >= 0.6 is 0 Å². The largest absolute Gasteiger partial charge is 0.390 e. The summed E-state index contributed by atoms with van der Waals surface area (Å²) < 4.78 is 14.7. The Morgan fingerprint density at radius 3 is 2.73 bits per heavy atom. The highest BCUT2D eigenvalue weighted by Crippen LogP contribution is 2.35. The van der Waals surface area contributed by atoms with Gasteiger partial charge in [0.2, 0.25) is 5.95 Å². The molecule has 3 aromatic rings. The number of anilines is 4. The van der Waals surface area contributed by atoms with Gasteiger partial charge in [0.15, 0.2) is 5.67 Å². The number of nitrogens with zero attached hydrogens (tertiary/aromatic N) is 6. The van der Waals surface area contributed by atoms with Crippen molar-refractivity contribution >= 4 is 34.2 Å². The minimum atomic E-state index is -1.70. The monoisotopic (exact) mass is 508 g/mol. The Balaban J connectivity index is 1.45. The number of aliphatic hydroxyl groups excluding tert-OH is 1. The molecule has 10 heteroatoms. The zero-order chi connectivity index (χ0) is 26.2. The molecular weight excluding hydrogens is 471 g/mol. The molecule has 0 radical (unpaired) electrons. The van der Waals surface area contributed by atoms with E-state index in [1.807, 2.05) is 19.4 Å². The number of aliphatic hydroxyl groups is 1. The second-order valence-electron chi connectivity index (χ2n) is 10.7. The van der Waals surface area contributed by atoms with E-state index in [0.29, 0.717) is 42.5 Å². The molecule has 0 saturated carbocycles. The van der Waals surface area contributed by atoms with Crippen LogP contribution in [0.2, 0.25) is 0 Å². The number of hydrogen-bond acceptors (Lipinski definition) is 9. The van der Waals surface area contributed by atoms with E-state index in [1.54, 1.807) is 17.2 Å². The first-order chi connectivity index (χ1) is 17.8. The summed E-state index contributed by atoms with van der Waals surface area (Å²) in [5.41, 5.74) is -0.531. The quantitative estimate of drug-likeness (QED) is 0.440. The van der Waals surface area contributed by atoms with Crippen LogP contribution in [0.3, 0.4) is 0 Å². The van der Waals surface area contributed by atoms with Crippen molar-refractivity contribution in [3.8, 4) is 0 Å². The number of piperidine rings is 1. The van der Waals surface area contributed by atoms with Crippen molar-refractivity contribution in [3.63, 3.8) is 0 Å². The topological polar surface area (TPSA) is 102 Å². The molecule has 5 heterocycles. The first kappa shape index (κ1) is 25.5. The average Bonchev–Trinajstić information content (AvgIpc) is 3.33. The molecule has 9 nitrogen and oxygen atoms in total. The second-order valence-corrected chi connectivity index (χ2v) is 10.7. The van der Waals surface area contributed by atoms with Crippen molar-refractivity contribution in [3.05, 3.63) is 36.3 Å². The Hall–Kier alpha value is -3.11. The maximum atomic E-state index is 14.7. The molecule has 5 rings (SSSR count). The Labute approximate surface area is 217 Å². The Morgan fingerprint density at radius 2 is 1.97 bits per heavy atom. The molecule has 2 aliphatic heterocycles. The standard InChI is InChI=1S/C27H37FN8O/c1-17(2)20-14-32-25(36-10-5-6-18(36)13-29-4)21-15-31-24(12-19(20)21)33-23-7-9-30-26(34-23)35-11-8-22(37)27(3,28)16-35/h7,9,12,14-15,17-18,22,29,37H,5-6,8,10-11,13,16H2,1-4H3,(H,30,31,33,34)/t18-,22+,27-/m0/s1. The van der Waals surface area contributed by atoms with Crippen molar-refractivity contribution < 1.29 is 9.50 Å². The van der Waals surface area contributed by atoms with Crippen molar-refractivity contribution in [1.82, 2.24) is 25.3 Å². The molecule has 3 N–H and O–H groups in total. The Morgan fingerprint density at radius 1 is 1.14 bits per heavy atom. The Kier molecular flexibility index (Phi) is 7.13. The van der Waals surface area contributed by atoms with Crippen LogP contribution in [0, 0.1) is 0 Å². The molecule has 0 amide bonds. The third-order valence-electron chi connectivity index (χ3n) is 7.54. The van der Waals surface area contributed by atoms with Crippen molar-refractivity contribution in [2.45, 2.75) is 63.8 Å². The van der Waals surface area contributed by atoms with Gasteiger partial charge < -0.3 is 25.5 Å². The van der Waals surface area contributed by atoms with Gasteiger partial charge in [-0.1, -0.05) is 13.8 Å². The first-order valence-corrected chi connectivity index (χ1v) is 13.2. The average molecular weight is 509 g/mol. The zero-order valence-electron chi connectivity index (χ0n) is 22.1. The van der Waals surface area contributed by atoms with E-state index in [4.69, 9.17) is 9.97 Å². The van der Waals surface area contributed by atoms with E-state index in [1.165, 1.54) is 12.5 Å². The summed E-state index contributed by atoms with van der Waals surface area (Å²) in [6.07, 6.45) is 7.23. The number of alkyl halides is 1. The minimum Gasteiger partial charge on any atom is -0.390 e. The maximum Gasteiger partial charge on any atom is 0.227 e. The molecule has 3 aromatic heterocycles. The Bertz CT molecular complexity index is 1250. The number of fused-ring (bicyclic) bond motifs is 1. The molecule has 3 atom stereocenters. The molecule has 198 valence electrons. The highest BCUT2D eigenvalue weighted by Gasteiger charge is 2.39. The third kappa shape index (κ3) is 5.17. The van der Waals surface area contributed by atoms with E-state index < -0.39 is 11.8 Å². The lowest BCUT2D eigenvalue weighted by Crippen LogP contribution is -2.52. The van der Waals surface area contributed by atoms with Gasteiger partial charge in [0.25, 0.3) is 0 Å². The number of aromatic nitrogens is 4. The zero-order valence-corrected chi connectivity index (χ0v) is 22.1. The van der Waals surface area contributed by atoms with Crippen LogP contribution in [-0.4, -0.2) is 76.1 Å². The maximum absolute atomic E-state index is 14.7. The lowest BCUT2D eigenvalue weighted by molar-refractivity contribution is -0.00860. The second kappa shape index (κ2) is 10.3. The summed E-state index contributed by atoms with van der Waals surface area (Å²) in [5.74, 6) is 2.98. The van der Waals surface area contributed by atoms with Gasteiger partial charge in [-0.25, -0.2) is 19.3 Å². The summed E-state index contributed by atoms with van der Waals surface area (Å²) in [7, 11) is 1.99. The molecule has 0 unspecified atom stereocenters. The molecule has 2 fully saturated rings. The summed E-state index contributed by atoms with van der Waals surface area (Å²) in [6, 6.07) is 4.26. The summed E-state index contributed by atoms with van der Waals surface area (Å²) in [4.78, 5) is 22.8. The van der Waals surface area contributed by atoms with E-state index in [0.717, 1.165) is 42.5 Å². The number of likely N-dealkylation sites (N-methyl/N-ethyl adjacent to an activating group) is 1. The van der Waals surface area contributed by atoms with Crippen LogP contribution in [0.5, 0.6) is 0 Å². The van der Waals surface area contributed by atoms with Gasteiger partial charge >= 0.3 is 0 Å². The minimum absolute atomic E-state index is 0.0460. The van der Waals surface area contributed by atoms with Crippen LogP contribution in [0.25, 0.3) is 10.8 Å². The summed E-state index contributed by atoms with van der Waals surface area (Å²) in [5, 5.41) is 18.8. The van der Waals surface area contributed by atoms with Crippen molar-refractivity contribution in [2.24, 2.45) is 0 Å². The van der Waals surface area contributed by atoms with Crippen LogP contribution in [0.1, 0.15) is 51.5 Å². The molecule has 2 saturated heterocycles. The van der Waals surface area contributed by atoms with Crippen LogP contribution < -0.4 is 20.4 Å². The van der Waals surface area contributed by atoms with Gasteiger partial charge in [-0.15, -0.1) is 0 Å². The molecule has 37 heavy (non-hydrogen) atoms. The normalized spacial score (nSPS) is 24.3. The smallest absolute Gasteiger partial charge is 0.227 e. The lowest BCUT2D eigenvalue weighted by atomic mass is 9.94. The number of hydrogen-bond donors (Lipinski definition) is 3. The van der Waals surface area contributed by atoms with E-state index >= 15 is 0 Å². The van der Waals surface area contributed by atoms with Crippen LogP contribution in [0.4, 0.5) is 27.8 Å². The van der Waals surface area contributed by atoms with E-state index in [-0.39, 0.29) is 6.54 Å². The molecular formula is C27H37FN8O. The molecule has 0 spiro atoms. The molecule has 0 aliphatic carbocycles. The lowest BCUT2D eigenvalue weighted by Gasteiger charge is -2.38. The number of halogens is 1. The fourth-order valence-corrected chi connectivity index (χ4v) is 5.47. The predicted molar refractivity (Wildman–Crippen MR) is 146 cm³/mol. The molecule has 2 aliphatic rings. The van der Waals surface area contributed by atoms with Crippen molar-refractivity contribution in [1.29, 1.82) is 0 Å². The van der Waals surface area contributed by atoms with Gasteiger partial charge in [0.05, 0.1) is 12.6 Å². The third-order valence-corrected chi connectivity index (χ3v) is 7.54. The van der Waals surface area contributed by atoms with Gasteiger partial charge in [-0.3, -0.25) is 0 Å².